The number of fused-ring (bicyclic) bond motifs is 2. The zero-order valence-electron chi connectivity index (χ0n) is 15.8. The van der Waals surface area contributed by atoms with E-state index >= 15 is 0 Å². The smallest absolute Gasteiger partial charge is 0.385 e. The number of hydrogen-bond donors (Lipinski definition) is 1. The van der Waals surface area contributed by atoms with E-state index in [9.17, 15) is 22.7 Å². The molecular weight excluding hydrogens is 370 g/mol. The highest BCUT2D eigenvalue weighted by atomic mass is 19.4. The number of allylic oxidation sites excluding steroid dienone is 2. The summed E-state index contributed by atoms with van der Waals surface area (Å²) in [5.74, 6) is -1.10. The molecule has 4 rings (SSSR count). The van der Waals surface area contributed by atoms with Gasteiger partial charge in [0, 0.05) is 30.6 Å². The first kappa shape index (κ1) is 19.6. The highest BCUT2D eigenvalue weighted by Gasteiger charge is 2.49. The first-order valence-electron chi connectivity index (χ1n) is 9.88. The summed E-state index contributed by atoms with van der Waals surface area (Å²) in [5.41, 5.74) is -1.17. The van der Waals surface area contributed by atoms with Crippen LogP contribution in [0.1, 0.15) is 44.6 Å². The number of hydrogen-bond acceptors (Lipinski definition) is 2. The molecule has 3 unspecified atom stereocenters. The zero-order valence-corrected chi connectivity index (χ0v) is 15.8. The number of alkyl halides is 3. The fraction of sp³-hybridized carbons (Fsp3) is 0.545. The molecule has 2 bridgehead atoms. The van der Waals surface area contributed by atoms with Gasteiger partial charge >= 0.3 is 6.18 Å². The minimum Gasteiger partial charge on any atom is -0.385 e. The van der Waals surface area contributed by atoms with Crippen molar-refractivity contribution < 1.29 is 22.7 Å². The van der Waals surface area contributed by atoms with Gasteiger partial charge < -0.3 is 5.11 Å². The molecule has 0 saturated carbocycles. The molecule has 0 amide bonds. The van der Waals surface area contributed by atoms with Crippen LogP contribution in [0.25, 0.3) is 0 Å². The average Bonchev–Trinajstić information content (AvgIpc) is 2.87. The molecule has 2 saturated heterocycles. The average molecular weight is 395 g/mol. The van der Waals surface area contributed by atoms with E-state index in [4.69, 9.17) is 0 Å². The summed E-state index contributed by atoms with van der Waals surface area (Å²) >= 11 is 0. The fourth-order valence-corrected chi connectivity index (χ4v) is 5.17. The van der Waals surface area contributed by atoms with Crippen molar-refractivity contribution in [1.29, 1.82) is 0 Å². The molecule has 1 N–H and O–H groups in total. The molecule has 2 nitrogen and oxygen atoms in total. The van der Waals surface area contributed by atoms with Gasteiger partial charge in [0.2, 0.25) is 0 Å². The predicted molar refractivity (Wildman–Crippen MR) is 99.1 cm³/mol. The summed E-state index contributed by atoms with van der Waals surface area (Å²) in [7, 11) is 0. The third-order valence-electron chi connectivity index (χ3n) is 6.48. The van der Waals surface area contributed by atoms with Crippen LogP contribution in [-0.4, -0.2) is 34.8 Å². The molecule has 1 aliphatic carbocycles. The lowest BCUT2D eigenvalue weighted by molar-refractivity contribution is -0.0922. The van der Waals surface area contributed by atoms with Crippen LogP contribution in [0.4, 0.5) is 17.6 Å². The Hall–Kier alpha value is -1.66. The van der Waals surface area contributed by atoms with Crippen LogP contribution in [0, 0.1) is 5.92 Å². The molecule has 1 aromatic carbocycles. The Morgan fingerprint density at radius 1 is 1.11 bits per heavy atom. The number of halogens is 4. The summed E-state index contributed by atoms with van der Waals surface area (Å²) < 4.78 is 55.1. The Labute approximate surface area is 162 Å². The van der Waals surface area contributed by atoms with Crippen LogP contribution in [0.5, 0.6) is 0 Å². The van der Waals surface area contributed by atoms with Crippen molar-refractivity contribution in [2.75, 3.05) is 6.54 Å². The van der Waals surface area contributed by atoms with Crippen molar-refractivity contribution in [3.05, 3.63) is 58.9 Å². The second-order valence-electron chi connectivity index (χ2n) is 8.51. The standard InChI is InChI=1S/C22H25F4NO/c1-14-9-19(22(24,25)26)18(20(23)10-14)13-27-16-7-8-17(27)12-21(28,11-16)15-5-3-2-4-6-15/h2-6,9,14,16-17,28H,7-8,10-13H2,1H3. The Morgan fingerprint density at radius 3 is 2.29 bits per heavy atom. The largest absolute Gasteiger partial charge is 0.416 e. The lowest BCUT2D eigenvalue weighted by atomic mass is 9.80. The summed E-state index contributed by atoms with van der Waals surface area (Å²) in [6.07, 6.45) is -0.822. The predicted octanol–water partition coefficient (Wildman–Crippen LogP) is 5.25. The molecular formula is C22H25F4NO. The van der Waals surface area contributed by atoms with Crippen molar-refractivity contribution in [3.63, 3.8) is 0 Å². The molecule has 6 heteroatoms. The first-order chi connectivity index (χ1) is 13.2. The van der Waals surface area contributed by atoms with Gasteiger partial charge in [-0.3, -0.25) is 4.90 Å². The van der Waals surface area contributed by atoms with Gasteiger partial charge in [-0.1, -0.05) is 43.3 Å². The fourth-order valence-electron chi connectivity index (χ4n) is 5.17. The molecule has 152 valence electrons. The molecule has 28 heavy (non-hydrogen) atoms. The van der Waals surface area contributed by atoms with Crippen molar-refractivity contribution >= 4 is 0 Å². The minimum atomic E-state index is -4.55. The number of nitrogens with zero attached hydrogens (tertiary/aromatic N) is 1. The quantitative estimate of drug-likeness (QED) is 0.707. The van der Waals surface area contributed by atoms with Gasteiger partial charge in [0.15, 0.2) is 0 Å². The van der Waals surface area contributed by atoms with E-state index in [-0.39, 0.29) is 30.6 Å². The maximum Gasteiger partial charge on any atom is 0.416 e. The normalized spacial score (nSPS) is 33.9. The van der Waals surface area contributed by atoms with Gasteiger partial charge in [0.1, 0.15) is 5.83 Å². The Kier molecular flexibility index (Phi) is 4.91. The molecule has 0 aromatic heterocycles. The first-order valence-corrected chi connectivity index (χ1v) is 9.88. The summed E-state index contributed by atoms with van der Waals surface area (Å²) in [5, 5.41) is 11.2. The van der Waals surface area contributed by atoms with E-state index in [1.54, 1.807) is 6.92 Å². The second kappa shape index (κ2) is 6.99. The van der Waals surface area contributed by atoms with Gasteiger partial charge in [-0.2, -0.15) is 13.2 Å². The van der Waals surface area contributed by atoms with Crippen LogP contribution >= 0.6 is 0 Å². The molecule has 3 aliphatic rings. The minimum absolute atomic E-state index is 0.0199. The van der Waals surface area contributed by atoms with E-state index in [1.165, 1.54) is 0 Å². The van der Waals surface area contributed by atoms with Crippen LogP contribution < -0.4 is 0 Å². The Morgan fingerprint density at radius 2 is 1.71 bits per heavy atom. The molecule has 2 heterocycles. The van der Waals surface area contributed by atoms with Gasteiger partial charge in [-0.05, 0) is 37.2 Å². The summed E-state index contributed by atoms with van der Waals surface area (Å²) in [4.78, 5) is 1.99. The molecule has 3 atom stereocenters. The lowest BCUT2D eigenvalue weighted by Crippen LogP contribution is -2.50. The zero-order chi connectivity index (χ0) is 20.1. The van der Waals surface area contributed by atoms with E-state index in [0.29, 0.717) is 12.8 Å². The maximum atomic E-state index is 14.6. The van der Waals surface area contributed by atoms with Crippen LogP contribution in [0.2, 0.25) is 0 Å². The summed E-state index contributed by atoms with van der Waals surface area (Å²) in [6.45, 7) is 1.57. The highest BCUT2D eigenvalue weighted by molar-refractivity contribution is 5.42. The highest BCUT2D eigenvalue weighted by Crippen LogP contribution is 2.47. The monoisotopic (exact) mass is 395 g/mol. The van der Waals surface area contributed by atoms with Crippen molar-refractivity contribution in [2.45, 2.75) is 62.9 Å². The Bertz CT molecular complexity index is 785. The van der Waals surface area contributed by atoms with Crippen molar-refractivity contribution in [3.8, 4) is 0 Å². The number of benzene rings is 1. The molecule has 2 fully saturated rings. The molecule has 0 spiro atoms. The van der Waals surface area contributed by atoms with Crippen LogP contribution in [0.15, 0.2) is 53.4 Å². The van der Waals surface area contributed by atoms with E-state index in [0.717, 1.165) is 24.5 Å². The Balaban J connectivity index is 1.57. The third kappa shape index (κ3) is 3.52. The van der Waals surface area contributed by atoms with Gasteiger partial charge in [0.05, 0.1) is 11.2 Å². The maximum absolute atomic E-state index is 14.6. The molecule has 1 aromatic rings. The topological polar surface area (TPSA) is 23.5 Å². The third-order valence-corrected chi connectivity index (χ3v) is 6.48. The number of rotatable bonds is 3. The van der Waals surface area contributed by atoms with E-state index < -0.39 is 29.1 Å². The van der Waals surface area contributed by atoms with Crippen LogP contribution in [0.3, 0.4) is 0 Å². The van der Waals surface area contributed by atoms with Gasteiger partial charge in [-0.15, -0.1) is 0 Å². The second-order valence-corrected chi connectivity index (χ2v) is 8.51. The van der Waals surface area contributed by atoms with Crippen molar-refractivity contribution in [1.82, 2.24) is 4.90 Å². The SMILES string of the molecule is CC1C=C(C(F)(F)F)C(CN2C3CCC2CC(O)(c2ccccc2)C3)=C(F)C1. The molecule has 0 radical (unpaired) electrons. The van der Waals surface area contributed by atoms with Gasteiger partial charge in [0.25, 0.3) is 0 Å². The van der Waals surface area contributed by atoms with Crippen molar-refractivity contribution in [2.24, 2.45) is 5.92 Å². The summed E-state index contributed by atoms with van der Waals surface area (Å²) in [6, 6.07) is 9.35. The number of piperidine rings is 1. The number of aliphatic hydroxyl groups is 1. The lowest BCUT2D eigenvalue weighted by Gasteiger charge is -2.44. The van der Waals surface area contributed by atoms with E-state index in [1.807, 2.05) is 35.2 Å². The van der Waals surface area contributed by atoms with Gasteiger partial charge in [-0.25, -0.2) is 4.39 Å². The van der Waals surface area contributed by atoms with E-state index in [2.05, 4.69) is 0 Å². The van der Waals surface area contributed by atoms with Crippen LogP contribution in [-0.2, 0) is 5.60 Å². The molecule has 2 aliphatic heterocycles.